The number of aromatic amines is 1. The number of aromatic nitrogens is 1. The number of rotatable bonds is 4. The smallest absolute Gasteiger partial charge is 0.271 e. The third kappa shape index (κ3) is 4.02. The fraction of sp³-hybridized carbons (Fsp3) is 0.154. The number of hydrogen-bond acceptors (Lipinski definition) is 4. The van der Waals surface area contributed by atoms with E-state index < -0.39 is 11.5 Å². The van der Waals surface area contributed by atoms with Gasteiger partial charge in [0.1, 0.15) is 5.69 Å². The van der Waals surface area contributed by atoms with E-state index in [9.17, 15) is 14.4 Å². The average molecular weight is 370 g/mol. The lowest BCUT2D eigenvalue weighted by Crippen LogP contribution is -2.35. The molecule has 0 saturated carbocycles. The third-order valence-corrected chi connectivity index (χ3v) is 3.92. The van der Waals surface area contributed by atoms with Crippen LogP contribution in [0.5, 0.6) is 0 Å². The zero-order valence-corrected chi connectivity index (χ0v) is 13.5. The second-order valence-corrected chi connectivity index (χ2v) is 6.11. The van der Waals surface area contributed by atoms with Gasteiger partial charge < -0.3 is 15.2 Å². The first kappa shape index (κ1) is 15.5. The lowest BCUT2D eigenvalue weighted by molar-refractivity contribution is -0.116. The van der Waals surface area contributed by atoms with Crippen molar-refractivity contribution in [3.05, 3.63) is 49.5 Å². The molecule has 0 aromatic carbocycles. The van der Waals surface area contributed by atoms with Crippen LogP contribution in [0.15, 0.2) is 39.0 Å². The number of nitrogens with one attached hydrogen (secondary N) is 2. The Balaban J connectivity index is 2.00. The van der Waals surface area contributed by atoms with Crippen molar-refractivity contribution in [2.45, 2.75) is 0 Å². The van der Waals surface area contributed by atoms with Gasteiger partial charge in [-0.15, -0.1) is 11.3 Å². The standard InChI is InChI=1S/C13H12BrN3O3S/c1-17(13(20)10-3-2-4-21-10)7-11(18)16-9-5-8(14)6-15-12(9)19/h2-6H,7H2,1H3,(H,15,19)(H,16,18). The van der Waals surface area contributed by atoms with Crippen LogP contribution < -0.4 is 10.9 Å². The van der Waals surface area contributed by atoms with E-state index in [0.717, 1.165) is 0 Å². The number of nitrogens with zero attached hydrogens (tertiary/aromatic N) is 1. The van der Waals surface area contributed by atoms with Crippen molar-refractivity contribution in [3.63, 3.8) is 0 Å². The van der Waals surface area contributed by atoms with Crippen LogP contribution in [0.4, 0.5) is 5.69 Å². The lowest BCUT2D eigenvalue weighted by atomic mass is 10.3. The first-order chi connectivity index (χ1) is 9.97. The van der Waals surface area contributed by atoms with Gasteiger partial charge in [0.2, 0.25) is 5.91 Å². The minimum Gasteiger partial charge on any atom is -0.332 e. The number of carbonyl (C=O) groups excluding carboxylic acids is 2. The van der Waals surface area contributed by atoms with Crippen LogP contribution in [-0.2, 0) is 4.79 Å². The Kier molecular flexibility index (Phi) is 4.92. The molecule has 0 atom stereocenters. The zero-order valence-electron chi connectivity index (χ0n) is 11.1. The molecule has 2 amide bonds. The number of pyridine rings is 1. The summed E-state index contributed by atoms with van der Waals surface area (Å²) in [5, 5.41) is 4.27. The normalized spacial score (nSPS) is 10.2. The highest BCUT2D eigenvalue weighted by Gasteiger charge is 2.16. The lowest BCUT2D eigenvalue weighted by Gasteiger charge is -2.15. The van der Waals surface area contributed by atoms with Crippen molar-refractivity contribution >= 4 is 44.8 Å². The molecule has 0 unspecified atom stereocenters. The summed E-state index contributed by atoms with van der Waals surface area (Å²) in [6.07, 6.45) is 1.48. The quantitative estimate of drug-likeness (QED) is 0.863. The molecule has 0 aliphatic carbocycles. The molecule has 0 saturated heterocycles. The molecule has 6 nitrogen and oxygen atoms in total. The molecule has 2 aromatic rings. The van der Waals surface area contributed by atoms with Crippen LogP contribution in [-0.4, -0.2) is 35.3 Å². The monoisotopic (exact) mass is 369 g/mol. The summed E-state index contributed by atoms with van der Waals surface area (Å²) in [4.78, 5) is 39.8. The summed E-state index contributed by atoms with van der Waals surface area (Å²) >= 11 is 4.51. The van der Waals surface area contributed by atoms with Crippen molar-refractivity contribution in [1.29, 1.82) is 0 Å². The highest BCUT2D eigenvalue weighted by atomic mass is 79.9. The average Bonchev–Trinajstić information content (AvgIpc) is 2.96. The van der Waals surface area contributed by atoms with Crippen LogP contribution in [0.3, 0.4) is 0 Å². The second-order valence-electron chi connectivity index (χ2n) is 4.25. The van der Waals surface area contributed by atoms with E-state index in [-0.39, 0.29) is 18.1 Å². The number of halogens is 1. The Bertz CT molecular complexity index is 712. The molecular formula is C13H12BrN3O3S. The van der Waals surface area contributed by atoms with Gasteiger partial charge in [0, 0.05) is 17.7 Å². The summed E-state index contributed by atoms with van der Waals surface area (Å²) in [5.41, 5.74) is -0.273. The van der Waals surface area contributed by atoms with Gasteiger partial charge in [0.25, 0.3) is 11.5 Å². The van der Waals surface area contributed by atoms with Gasteiger partial charge in [-0.1, -0.05) is 6.07 Å². The zero-order chi connectivity index (χ0) is 15.4. The van der Waals surface area contributed by atoms with Gasteiger partial charge in [0.15, 0.2) is 0 Å². The van der Waals surface area contributed by atoms with Crippen molar-refractivity contribution in [2.75, 3.05) is 18.9 Å². The predicted molar refractivity (Wildman–Crippen MR) is 84.7 cm³/mol. The number of H-pyrrole nitrogens is 1. The molecule has 0 aliphatic rings. The van der Waals surface area contributed by atoms with E-state index >= 15 is 0 Å². The molecule has 21 heavy (non-hydrogen) atoms. The van der Waals surface area contributed by atoms with Crippen LogP contribution >= 0.6 is 27.3 Å². The first-order valence-corrected chi connectivity index (χ1v) is 7.61. The van der Waals surface area contributed by atoms with Gasteiger partial charge in [0.05, 0.1) is 11.4 Å². The maximum Gasteiger partial charge on any atom is 0.271 e. The number of anilines is 1. The van der Waals surface area contributed by atoms with Crippen LogP contribution in [0.2, 0.25) is 0 Å². The molecule has 2 N–H and O–H groups in total. The Labute approximate surface area is 132 Å². The van der Waals surface area contributed by atoms with Gasteiger partial charge >= 0.3 is 0 Å². The van der Waals surface area contributed by atoms with E-state index in [0.29, 0.717) is 9.35 Å². The minimum absolute atomic E-state index is 0.131. The Morgan fingerprint density at radius 1 is 1.48 bits per heavy atom. The number of amides is 2. The molecule has 2 rings (SSSR count). The van der Waals surface area contributed by atoms with Crippen LogP contribution in [0.25, 0.3) is 0 Å². The molecule has 2 heterocycles. The second kappa shape index (κ2) is 6.68. The Morgan fingerprint density at radius 3 is 2.90 bits per heavy atom. The van der Waals surface area contributed by atoms with E-state index in [1.807, 2.05) is 0 Å². The topological polar surface area (TPSA) is 82.3 Å². The molecule has 0 bridgehead atoms. The highest BCUT2D eigenvalue weighted by molar-refractivity contribution is 9.10. The van der Waals surface area contributed by atoms with Gasteiger partial charge in [-0.2, -0.15) is 0 Å². The molecule has 0 radical (unpaired) electrons. The van der Waals surface area contributed by atoms with Crippen molar-refractivity contribution in [2.24, 2.45) is 0 Å². The Hall–Kier alpha value is -1.93. The van der Waals surface area contributed by atoms with Gasteiger partial charge in [-0.05, 0) is 33.4 Å². The summed E-state index contributed by atoms with van der Waals surface area (Å²) in [5.74, 6) is -0.672. The fourth-order valence-electron chi connectivity index (χ4n) is 1.62. The summed E-state index contributed by atoms with van der Waals surface area (Å²) < 4.78 is 0.639. The Morgan fingerprint density at radius 2 is 2.24 bits per heavy atom. The number of hydrogen-bond donors (Lipinski definition) is 2. The predicted octanol–water partition coefficient (Wildman–Crippen LogP) is 1.91. The maximum atomic E-state index is 12.0. The van der Waals surface area contributed by atoms with E-state index in [4.69, 9.17) is 0 Å². The molecular weight excluding hydrogens is 358 g/mol. The van der Waals surface area contributed by atoms with Gasteiger partial charge in [-0.3, -0.25) is 14.4 Å². The third-order valence-electron chi connectivity index (χ3n) is 2.60. The molecule has 2 aromatic heterocycles. The molecule has 110 valence electrons. The van der Waals surface area contributed by atoms with Crippen molar-refractivity contribution < 1.29 is 9.59 Å². The van der Waals surface area contributed by atoms with Gasteiger partial charge in [-0.25, -0.2) is 0 Å². The molecule has 8 heteroatoms. The highest BCUT2D eigenvalue weighted by Crippen LogP contribution is 2.12. The van der Waals surface area contributed by atoms with Crippen LogP contribution in [0, 0.1) is 0 Å². The molecule has 0 aliphatic heterocycles. The first-order valence-electron chi connectivity index (χ1n) is 5.94. The van der Waals surface area contributed by atoms with E-state index in [1.165, 1.54) is 35.5 Å². The summed E-state index contributed by atoms with van der Waals surface area (Å²) in [6.45, 7) is -0.136. The van der Waals surface area contributed by atoms with Crippen LogP contribution in [0.1, 0.15) is 9.67 Å². The van der Waals surface area contributed by atoms with E-state index in [2.05, 4.69) is 26.2 Å². The largest absolute Gasteiger partial charge is 0.332 e. The SMILES string of the molecule is CN(CC(=O)Nc1cc(Br)c[nH]c1=O)C(=O)c1cccs1. The minimum atomic E-state index is -0.439. The fourth-order valence-corrected chi connectivity index (χ4v) is 2.68. The molecule has 0 spiro atoms. The number of likely N-dealkylation sites (N-methyl/N-ethyl adjacent to an activating group) is 1. The van der Waals surface area contributed by atoms with Crippen molar-refractivity contribution in [1.82, 2.24) is 9.88 Å². The van der Waals surface area contributed by atoms with E-state index in [1.54, 1.807) is 17.5 Å². The summed E-state index contributed by atoms with van der Waals surface area (Å²) in [6, 6.07) is 4.96. The summed E-state index contributed by atoms with van der Waals surface area (Å²) in [7, 11) is 1.53. The maximum absolute atomic E-state index is 12.0. The molecule has 0 fully saturated rings. The number of carbonyl (C=O) groups is 2. The van der Waals surface area contributed by atoms with Crippen molar-refractivity contribution in [3.8, 4) is 0 Å². The number of thiophene rings is 1.